The first-order chi connectivity index (χ1) is 17.9. The molecule has 0 bridgehead atoms. The van der Waals surface area contributed by atoms with Gasteiger partial charge in [-0.15, -0.1) is 0 Å². The van der Waals surface area contributed by atoms with Gasteiger partial charge in [0.2, 0.25) is 5.95 Å². The molecule has 3 heterocycles. The first kappa shape index (κ1) is 26.6. The zero-order valence-corrected chi connectivity index (χ0v) is 22.5. The van der Waals surface area contributed by atoms with E-state index in [9.17, 15) is 9.18 Å². The van der Waals surface area contributed by atoms with Gasteiger partial charge >= 0.3 is 0 Å². The average Bonchev–Trinajstić information content (AvgIpc) is 3.29. The second-order valence-corrected chi connectivity index (χ2v) is 10.1. The maximum Gasteiger partial charge on any atom is 0.254 e. The zero-order valence-electron chi connectivity index (χ0n) is 22.5. The van der Waals surface area contributed by atoms with Gasteiger partial charge < -0.3 is 9.88 Å². The molecule has 2 aromatic heterocycles. The van der Waals surface area contributed by atoms with Crippen LogP contribution in [-0.4, -0.2) is 33.9 Å². The Bertz CT molecular complexity index is 1340. The molecule has 0 spiro atoms. The molecule has 1 atom stereocenters. The standard InChI is InChI=1S/C32H38FN3O/c1-6-9-25(18-22(5)21(4)7-2)31-27(8-3)28-19-24(10-11-29(28)35-31)23-13-16-36(17-14-23)32(37)26-12-15-34-30(33)20-26/h6,9-12,15,18-21,23,35H,1,7-8,13-14,16-17H2,2-5H3/b22-18-,25-9+. The predicted molar refractivity (Wildman–Crippen MR) is 151 cm³/mol. The summed E-state index contributed by atoms with van der Waals surface area (Å²) in [6, 6.07) is 9.55. The number of rotatable bonds is 8. The lowest BCUT2D eigenvalue weighted by Gasteiger charge is -2.32. The van der Waals surface area contributed by atoms with Crippen molar-refractivity contribution in [3.8, 4) is 0 Å². The third-order valence-electron chi connectivity index (χ3n) is 7.87. The van der Waals surface area contributed by atoms with Crippen LogP contribution >= 0.6 is 0 Å². The van der Waals surface area contributed by atoms with Gasteiger partial charge in [-0.25, -0.2) is 4.98 Å². The first-order valence-electron chi connectivity index (χ1n) is 13.4. The van der Waals surface area contributed by atoms with Crippen LogP contribution in [0.4, 0.5) is 4.39 Å². The predicted octanol–water partition coefficient (Wildman–Crippen LogP) is 7.85. The van der Waals surface area contributed by atoms with Gasteiger partial charge in [0.25, 0.3) is 5.91 Å². The Morgan fingerprint density at radius 2 is 2.00 bits per heavy atom. The summed E-state index contributed by atoms with van der Waals surface area (Å²) in [5.41, 5.74) is 7.85. The van der Waals surface area contributed by atoms with E-state index in [0.717, 1.165) is 31.2 Å². The fourth-order valence-electron chi connectivity index (χ4n) is 5.31. The van der Waals surface area contributed by atoms with Crippen LogP contribution < -0.4 is 0 Å². The van der Waals surface area contributed by atoms with Crippen molar-refractivity contribution in [2.24, 2.45) is 5.92 Å². The van der Waals surface area contributed by atoms with Gasteiger partial charge in [0.1, 0.15) is 0 Å². The number of hydrogen-bond acceptors (Lipinski definition) is 2. The number of fused-ring (bicyclic) bond motifs is 1. The van der Waals surface area contributed by atoms with Crippen LogP contribution in [-0.2, 0) is 6.42 Å². The molecule has 4 rings (SSSR count). The van der Waals surface area contributed by atoms with Crippen molar-refractivity contribution in [1.82, 2.24) is 14.9 Å². The number of likely N-dealkylation sites (tertiary alicyclic amines) is 1. The SMILES string of the molecule is C=C/C=C(\C=C(\C)C(C)CC)c1[nH]c2ccc(C3CCN(C(=O)c4ccnc(F)c4)CC3)cc2c1CC. The zero-order chi connectivity index (χ0) is 26.5. The molecular formula is C32H38FN3O. The number of amides is 1. The van der Waals surface area contributed by atoms with Crippen LogP contribution in [0.2, 0.25) is 0 Å². The number of H-pyrrole nitrogens is 1. The van der Waals surface area contributed by atoms with Crippen LogP contribution in [0.5, 0.6) is 0 Å². The number of halogens is 1. The van der Waals surface area contributed by atoms with Crippen molar-refractivity contribution in [2.45, 2.75) is 59.3 Å². The minimum atomic E-state index is -0.622. The van der Waals surface area contributed by atoms with Gasteiger partial charge in [-0.2, -0.15) is 4.39 Å². The van der Waals surface area contributed by atoms with Gasteiger partial charge in [0.15, 0.2) is 0 Å². The molecule has 5 heteroatoms. The van der Waals surface area contributed by atoms with E-state index < -0.39 is 5.95 Å². The molecule has 0 radical (unpaired) electrons. The summed E-state index contributed by atoms with van der Waals surface area (Å²) >= 11 is 0. The largest absolute Gasteiger partial charge is 0.354 e. The molecule has 1 amide bonds. The van der Waals surface area contributed by atoms with E-state index in [2.05, 4.69) is 74.6 Å². The molecule has 1 aliphatic rings. The number of aryl methyl sites for hydroxylation is 1. The molecular weight excluding hydrogens is 461 g/mol. The minimum Gasteiger partial charge on any atom is -0.354 e. The summed E-state index contributed by atoms with van der Waals surface area (Å²) in [5, 5.41) is 1.27. The molecule has 0 aliphatic carbocycles. The Kier molecular flexibility index (Phi) is 8.42. The topological polar surface area (TPSA) is 49.0 Å². The Hall–Kier alpha value is -3.47. The number of nitrogens with zero attached hydrogens (tertiary/aromatic N) is 2. The number of benzene rings is 1. The number of aromatic nitrogens is 2. The van der Waals surface area contributed by atoms with Crippen molar-refractivity contribution >= 4 is 22.4 Å². The third kappa shape index (κ3) is 5.76. The Morgan fingerprint density at radius 1 is 1.24 bits per heavy atom. The van der Waals surface area contributed by atoms with Crippen molar-refractivity contribution in [1.29, 1.82) is 0 Å². The number of piperidine rings is 1. The van der Waals surface area contributed by atoms with E-state index in [1.54, 1.807) is 6.07 Å². The molecule has 1 aromatic carbocycles. The summed E-state index contributed by atoms with van der Waals surface area (Å²) in [6.07, 6.45) is 11.4. The molecule has 194 valence electrons. The van der Waals surface area contributed by atoms with Gasteiger partial charge in [0, 0.05) is 47.5 Å². The second-order valence-electron chi connectivity index (χ2n) is 10.1. The lowest BCUT2D eigenvalue weighted by Crippen LogP contribution is -2.38. The van der Waals surface area contributed by atoms with Crippen molar-refractivity contribution in [3.63, 3.8) is 0 Å². The van der Waals surface area contributed by atoms with Crippen molar-refractivity contribution in [3.05, 3.63) is 95.2 Å². The van der Waals surface area contributed by atoms with E-state index in [0.29, 0.717) is 30.5 Å². The molecule has 1 N–H and O–H groups in total. The second kappa shape index (κ2) is 11.7. The summed E-state index contributed by atoms with van der Waals surface area (Å²) < 4.78 is 13.5. The number of carbonyl (C=O) groups is 1. The molecule has 37 heavy (non-hydrogen) atoms. The molecule has 1 saturated heterocycles. The fraction of sp³-hybridized carbons (Fsp3) is 0.375. The molecule has 0 saturated carbocycles. The van der Waals surface area contributed by atoms with Crippen LogP contribution in [0.25, 0.3) is 16.5 Å². The minimum absolute atomic E-state index is 0.124. The molecule has 1 unspecified atom stereocenters. The lowest BCUT2D eigenvalue weighted by molar-refractivity contribution is 0.0712. The Balaban J connectivity index is 1.57. The Labute approximate surface area is 220 Å². The van der Waals surface area contributed by atoms with E-state index in [-0.39, 0.29) is 5.91 Å². The summed E-state index contributed by atoms with van der Waals surface area (Å²) in [5.74, 6) is 0.176. The maximum atomic E-state index is 13.5. The van der Waals surface area contributed by atoms with Crippen LogP contribution in [0, 0.1) is 11.9 Å². The number of carbonyl (C=O) groups excluding carboxylic acids is 1. The number of pyridine rings is 1. The third-order valence-corrected chi connectivity index (χ3v) is 7.87. The highest BCUT2D eigenvalue weighted by molar-refractivity contribution is 5.94. The number of allylic oxidation sites excluding steroid dienone is 5. The Morgan fingerprint density at radius 3 is 2.65 bits per heavy atom. The molecule has 4 nitrogen and oxygen atoms in total. The fourth-order valence-corrected chi connectivity index (χ4v) is 5.31. The van der Waals surface area contributed by atoms with E-state index in [1.807, 2.05) is 11.0 Å². The van der Waals surface area contributed by atoms with Crippen LogP contribution in [0.3, 0.4) is 0 Å². The smallest absolute Gasteiger partial charge is 0.254 e. The number of aromatic amines is 1. The highest BCUT2D eigenvalue weighted by Crippen LogP contribution is 2.35. The van der Waals surface area contributed by atoms with Crippen LogP contribution in [0.1, 0.15) is 80.1 Å². The highest BCUT2D eigenvalue weighted by atomic mass is 19.1. The summed E-state index contributed by atoms with van der Waals surface area (Å²) in [6.45, 7) is 14.2. The maximum absolute atomic E-state index is 13.5. The quantitative estimate of drug-likeness (QED) is 0.253. The lowest BCUT2D eigenvalue weighted by atomic mass is 9.88. The van der Waals surface area contributed by atoms with Crippen LogP contribution in [0.15, 0.2) is 66.9 Å². The van der Waals surface area contributed by atoms with E-state index in [1.165, 1.54) is 45.6 Å². The number of nitrogens with one attached hydrogen (secondary N) is 1. The van der Waals surface area contributed by atoms with E-state index in [4.69, 9.17) is 0 Å². The molecule has 1 fully saturated rings. The van der Waals surface area contributed by atoms with Gasteiger partial charge in [-0.05, 0) is 79.3 Å². The summed E-state index contributed by atoms with van der Waals surface area (Å²) in [7, 11) is 0. The van der Waals surface area contributed by atoms with Gasteiger partial charge in [-0.3, -0.25) is 4.79 Å². The normalized spacial score (nSPS) is 16.3. The summed E-state index contributed by atoms with van der Waals surface area (Å²) in [4.78, 5) is 21.9. The molecule has 1 aliphatic heterocycles. The van der Waals surface area contributed by atoms with Crippen molar-refractivity contribution in [2.75, 3.05) is 13.1 Å². The average molecular weight is 500 g/mol. The van der Waals surface area contributed by atoms with Crippen molar-refractivity contribution < 1.29 is 9.18 Å². The van der Waals surface area contributed by atoms with Gasteiger partial charge in [0.05, 0.1) is 0 Å². The molecule has 3 aromatic rings. The first-order valence-corrected chi connectivity index (χ1v) is 13.4. The highest BCUT2D eigenvalue weighted by Gasteiger charge is 2.25. The monoisotopic (exact) mass is 499 g/mol. The van der Waals surface area contributed by atoms with Gasteiger partial charge in [-0.1, -0.05) is 57.2 Å². The number of hydrogen-bond donors (Lipinski definition) is 1. The van der Waals surface area contributed by atoms with E-state index >= 15 is 0 Å².